The molecule has 21 nitrogen and oxygen atoms in total. The number of unbranched alkanes of at least 4 members (excludes halogenated alkanes) is 1. The van der Waals surface area contributed by atoms with Crippen LogP contribution in [0.25, 0.3) is 0 Å². The van der Waals surface area contributed by atoms with E-state index in [0.717, 1.165) is 9.80 Å². The molecule has 0 aliphatic carbocycles. The molecule has 0 atom stereocenters. The van der Waals surface area contributed by atoms with Gasteiger partial charge in [0.05, 0.1) is 19.7 Å². The van der Waals surface area contributed by atoms with E-state index in [2.05, 4.69) is 14.7 Å². The molecule has 22 heteroatoms. The molecule has 2 heterocycles. The molecule has 0 aliphatic heterocycles. The van der Waals surface area contributed by atoms with E-state index in [1.165, 1.54) is 12.4 Å². The normalized spacial score (nSPS) is 12.1. The summed E-state index contributed by atoms with van der Waals surface area (Å²) in [5, 5.41) is 0. The molecule has 68 heavy (non-hydrogen) atoms. The Kier molecular flexibility index (Phi) is 20.6. The number of nitrogens with one attached hydrogen (secondary N) is 1. The van der Waals surface area contributed by atoms with Crippen molar-refractivity contribution in [2.75, 3.05) is 44.1 Å². The molecule has 2 aromatic heterocycles. The molecule has 0 unspecified atom stereocenters. The second kappa shape index (κ2) is 24.8. The van der Waals surface area contributed by atoms with Crippen molar-refractivity contribution in [3.05, 3.63) is 60.7 Å². The Hall–Kier alpha value is -6.03. The van der Waals surface area contributed by atoms with Gasteiger partial charge in [0, 0.05) is 30.5 Å². The number of rotatable bonds is 24. The van der Waals surface area contributed by atoms with Crippen LogP contribution >= 0.6 is 0 Å². The first-order valence-electron chi connectivity index (χ1n) is 22.2. The van der Waals surface area contributed by atoms with Crippen molar-refractivity contribution in [3.63, 3.8) is 0 Å². The SMILES string of the molecule is CC(C)(C)OC(=O)CN(CC(=O)OC(C)(C)C)C(=O)Cn1ccnc1CN(CCCCOc1ccc(N[SH](=O)=O)cc1)Cc1nccn1CC(=O)N(CC(=O)OC(C)(C)C)CC(=O)OC(C)(C)C. The number of carbonyl (C=O) groups excluding carboxylic acids is 6. The lowest BCUT2D eigenvalue weighted by molar-refractivity contribution is -0.165. The number of carbonyl (C=O) groups is 6. The summed E-state index contributed by atoms with van der Waals surface area (Å²) in [4.78, 5) is 92.7. The fourth-order valence-corrected chi connectivity index (χ4v) is 6.68. The molecule has 3 rings (SSSR count). The van der Waals surface area contributed by atoms with E-state index in [1.54, 1.807) is 129 Å². The summed E-state index contributed by atoms with van der Waals surface area (Å²) in [6.07, 6.45) is 7.47. The first-order chi connectivity index (χ1) is 31.4. The number of amides is 2. The van der Waals surface area contributed by atoms with Crippen LogP contribution < -0.4 is 9.46 Å². The zero-order valence-electron chi connectivity index (χ0n) is 41.5. The van der Waals surface area contributed by atoms with E-state index < -0.39 is 95.2 Å². The van der Waals surface area contributed by atoms with Crippen molar-refractivity contribution in [1.82, 2.24) is 33.8 Å². The monoisotopic (exact) mass is 974 g/mol. The molecular weight excluding hydrogens is 905 g/mol. The quantitative estimate of drug-likeness (QED) is 0.0560. The van der Waals surface area contributed by atoms with E-state index >= 15 is 0 Å². The van der Waals surface area contributed by atoms with Gasteiger partial charge in [-0.1, -0.05) is 0 Å². The van der Waals surface area contributed by atoms with Gasteiger partial charge in [0.25, 0.3) is 0 Å². The maximum atomic E-state index is 13.9. The molecule has 0 saturated carbocycles. The number of imidazole rings is 2. The molecule has 1 aromatic carbocycles. The number of nitrogens with zero attached hydrogens (tertiary/aromatic N) is 7. The molecule has 378 valence electrons. The smallest absolute Gasteiger partial charge is 0.326 e. The first-order valence-corrected chi connectivity index (χ1v) is 23.4. The third-order valence-electron chi connectivity index (χ3n) is 8.82. The number of aromatic nitrogens is 4. The number of ether oxygens (including phenoxy) is 5. The van der Waals surface area contributed by atoms with E-state index in [1.807, 2.05) is 4.90 Å². The number of hydrogen-bond donors (Lipinski definition) is 2. The molecule has 0 saturated heterocycles. The lowest BCUT2D eigenvalue weighted by atomic mass is 10.2. The van der Waals surface area contributed by atoms with Crippen molar-refractivity contribution < 1.29 is 60.9 Å². The van der Waals surface area contributed by atoms with Crippen LogP contribution in [-0.4, -0.2) is 140 Å². The summed E-state index contributed by atoms with van der Waals surface area (Å²) in [6, 6.07) is 6.48. The minimum absolute atomic E-state index is 0.180. The van der Waals surface area contributed by atoms with E-state index in [4.69, 9.17) is 23.7 Å². The van der Waals surface area contributed by atoms with Gasteiger partial charge in [-0.15, -0.1) is 0 Å². The molecule has 0 bridgehead atoms. The molecule has 0 radical (unpaired) electrons. The minimum Gasteiger partial charge on any atom is -0.494 e. The van der Waals surface area contributed by atoms with E-state index in [-0.39, 0.29) is 26.2 Å². The van der Waals surface area contributed by atoms with Crippen LogP contribution in [0.4, 0.5) is 5.69 Å². The molecule has 2 amide bonds. The number of esters is 4. The summed E-state index contributed by atoms with van der Waals surface area (Å²) >= 11 is 0. The number of anilines is 1. The molecule has 1 N–H and O–H groups in total. The molecule has 0 aliphatic rings. The second-order valence-corrected chi connectivity index (χ2v) is 20.7. The van der Waals surface area contributed by atoms with Crippen LogP contribution in [-0.2, 0) is 84.8 Å². The summed E-state index contributed by atoms with van der Waals surface area (Å²) < 4.78 is 55.3. The van der Waals surface area contributed by atoms with Crippen molar-refractivity contribution in [2.24, 2.45) is 0 Å². The highest BCUT2D eigenvalue weighted by Crippen LogP contribution is 2.18. The van der Waals surface area contributed by atoms with Crippen molar-refractivity contribution in [3.8, 4) is 5.75 Å². The van der Waals surface area contributed by atoms with Crippen molar-refractivity contribution in [1.29, 1.82) is 0 Å². The standard InChI is InChI=1S/C46H70N8O13S/c1-43(2,3)64-39(57)29-53(30-40(58)65-44(4,5)6)37(55)27-51-22-19-47-35(51)25-50(21-13-14-24-63-34-17-15-33(16-18-34)49-68(61)62)26-36-48-20-23-52(36)28-38(56)54(31-41(59)66-45(7,8)9)32-42(60)67-46(10,11)12/h15-20,22-23,68H,13-14,21,24-32H2,1-12H3,(H,49,61,62). The van der Waals surface area contributed by atoms with Gasteiger partial charge in [-0.2, -0.15) is 0 Å². The van der Waals surface area contributed by atoms with Gasteiger partial charge in [-0.25, -0.2) is 18.4 Å². The average Bonchev–Trinajstić information content (AvgIpc) is 3.79. The van der Waals surface area contributed by atoms with Crippen LogP contribution in [0.2, 0.25) is 0 Å². The second-order valence-electron chi connectivity index (χ2n) is 19.9. The fourth-order valence-electron chi connectivity index (χ4n) is 6.32. The predicted octanol–water partition coefficient (Wildman–Crippen LogP) is 3.90. The van der Waals surface area contributed by atoms with Crippen LogP contribution in [0.5, 0.6) is 5.75 Å². The molecular formula is C46H70N8O13S. The minimum atomic E-state index is -2.80. The zero-order valence-corrected chi connectivity index (χ0v) is 42.4. The Morgan fingerprint density at radius 1 is 0.574 bits per heavy atom. The third-order valence-corrected chi connectivity index (χ3v) is 9.26. The summed E-state index contributed by atoms with van der Waals surface area (Å²) in [5.74, 6) is -2.45. The number of benzene rings is 1. The highest BCUT2D eigenvalue weighted by atomic mass is 32.2. The predicted molar refractivity (Wildman–Crippen MR) is 250 cm³/mol. The van der Waals surface area contributed by atoms with Gasteiger partial charge >= 0.3 is 23.9 Å². The summed E-state index contributed by atoms with van der Waals surface area (Å²) in [6.45, 7) is 19.0. The van der Waals surface area contributed by atoms with Crippen molar-refractivity contribution in [2.45, 2.75) is 145 Å². The molecule has 0 spiro atoms. The number of thiol groups is 1. The highest BCUT2D eigenvalue weighted by molar-refractivity contribution is 7.73. The van der Waals surface area contributed by atoms with Gasteiger partial charge in [-0.05, 0) is 127 Å². The van der Waals surface area contributed by atoms with Crippen molar-refractivity contribution >= 4 is 52.3 Å². The van der Waals surface area contributed by atoms with Gasteiger partial charge in [-0.3, -0.25) is 38.4 Å². The Bertz CT molecular complexity index is 2060. The fraction of sp³-hybridized carbons (Fsp3) is 0.609. The molecule has 0 fully saturated rings. The average molecular weight is 975 g/mol. The summed E-state index contributed by atoms with van der Waals surface area (Å²) in [7, 11) is -2.80. The van der Waals surface area contributed by atoms with E-state index in [9.17, 15) is 37.2 Å². The third kappa shape index (κ3) is 22.6. The Morgan fingerprint density at radius 3 is 1.28 bits per heavy atom. The van der Waals surface area contributed by atoms with Crippen LogP contribution in [0.1, 0.15) is 108 Å². The van der Waals surface area contributed by atoms with Gasteiger partial charge in [0.1, 0.15) is 79.1 Å². The van der Waals surface area contributed by atoms with Gasteiger partial charge < -0.3 is 42.6 Å². The lowest BCUT2D eigenvalue weighted by Crippen LogP contribution is -2.44. The topological polar surface area (TPSA) is 240 Å². The Morgan fingerprint density at radius 2 is 0.941 bits per heavy atom. The lowest BCUT2D eigenvalue weighted by Gasteiger charge is -2.27. The summed E-state index contributed by atoms with van der Waals surface area (Å²) in [5.41, 5.74) is -2.94. The van der Waals surface area contributed by atoms with Gasteiger partial charge in [0.15, 0.2) is 0 Å². The van der Waals surface area contributed by atoms with Crippen LogP contribution in [0, 0.1) is 0 Å². The van der Waals surface area contributed by atoms with E-state index in [0.29, 0.717) is 49.1 Å². The number of hydrogen-bond acceptors (Lipinski definition) is 16. The van der Waals surface area contributed by atoms with Crippen LogP contribution in [0.15, 0.2) is 49.1 Å². The largest absolute Gasteiger partial charge is 0.494 e. The van der Waals surface area contributed by atoms with Crippen LogP contribution in [0.3, 0.4) is 0 Å². The maximum absolute atomic E-state index is 13.9. The van der Waals surface area contributed by atoms with Gasteiger partial charge in [0.2, 0.25) is 22.7 Å². The Labute approximate surface area is 400 Å². The zero-order chi connectivity index (χ0) is 51.0. The Balaban J connectivity index is 1.87. The maximum Gasteiger partial charge on any atom is 0.326 e. The molecule has 3 aromatic rings. The first kappa shape index (κ1) is 56.3. The highest BCUT2D eigenvalue weighted by Gasteiger charge is 2.29.